The monoisotopic (exact) mass is 448 g/mol. The number of ketones is 1. The molecule has 0 spiro atoms. The van der Waals surface area contributed by atoms with E-state index in [1.807, 2.05) is 18.2 Å². The quantitative estimate of drug-likeness (QED) is 0.513. The Morgan fingerprint density at radius 2 is 1.65 bits per heavy atom. The van der Waals surface area contributed by atoms with Crippen LogP contribution in [0.2, 0.25) is 0 Å². The lowest BCUT2D eigenvalue weighted by atomic mass is 10.0. The molecule has 0 unspecified atom stereocenters. The van der Waals surface area contributed by atoms with Gasteiger partial charge in [0.15, 0.2) is 5.78 Å². The Labute approximate surface area is 183 Å². The van der Waals surface area contributed by atoms with Crippen LogP contribution in [0.1, 0.15) is 15.9 Å². The van der Waals surface area contributed by atoms with Crippen LogP contribution in [0.25, 0.3) is 0 Å². The van der Waals surface area contributed by atoms with E-state index in [1.165, 1.54) is 22.7 Å². The molecule has 1 fully saturated rings. The number of nitrogens with zero attached hydrogens (tertiary/aromatic N) is 2. The Hall–Kier alpha value is -2.30. The Morgan fingerprint density at radius 1 is 1.06 bits per heavy atom. The molecule has 9 heteroatoms. The molecule has 2 aromatic rings. The number of piperazine rings is 1. The van der Waals surface area contributed by atoms with Gasteiger partial charge in [-0.05, 0) is 24.3 Å². The zero-order chi connectivity index (χ0) is 22.4. The van der Waals surface area contributed by atoms with Crippen molar-refractivity contribution in [3.05, 3.63) is 65.7 Å². The van der Waals surface area contributed by atoms with E-state index in [2.05, 4.69) is 0 Å². The molecule has 1 saturated heterocycles. The number of aliphatic hydroxyl groups is 1. The number of carbonyl (C=O) groups is 1. The number of hydrogen-bond donors (Lipinski definition) is 2. The molecule has 0 bridgehead atoms. The Bertz CT molecular complexity index is 956. The van der Waals surface area contributed by atoms with Crippen molar-refractivity contribution in [3.8, 4) is 5.75 Å². The number of aliphatic hydroxyl groups excluding tert-OH is 1. The van der Waals surface area contributed by atoms with Crippen molar-refractivity contribution in [2.24, 2.45) is 0 Å². The third-order valence-corrected chi connectivity index (χ3v) is 7.28. The van der Waals surface area contributed by atoms with Crippen LogP contribution < -0.4 is 9.64 Å². The van der Waals surface area contributed by atoms with Gasteiger partial charge >= 0.3 is 0 Å². The van der Waals surface area contributed by atoms with Gasteiger partial charge in [0.1, 0.15) is 25.0 Å². The van der Waals surface area contributed by atoms with E-state index in [9.17, 15) is 18.3 Å². The number of quaternary nitrogens is 1. The highest BCUT2D eigenvalue weighted by Gasteiger charge is 2.31. The molecule has 1 heterocycles. The van der Waals surface area contributed by atoms with Gasteiger partial charge in [0.25, 0.3) is 10.2 Å². The standard InChI is InChI=1S/C22H29N3O5S/c1-23(2)31(28,29)25-14-12-24(13-15-25)16-20(26)17-30-21-10-8-19(9-11-21)22(27)18-6-4-3-5-7-18/h3-11,20,26H,12-17H2,1-2H3/p+1/t20-/m0/s1. The van der Waals surface area contributed by atoms with Gasteiger partial charge in [-0.1, -0.05) is 30.3 Å². The van der Waals surface area contributed by atoms with Gasteiger partial charge in [-0.3, -0.25) is 4.79 Å². The van der Waals surface area contributed by atoms with E-state index in [-0.39, 0.29) is 12.4 Å². The highest BCUT2D eigenvalue weighted by Crippen LogP contribution is 2.15. The van der Waals surface area contributed by atoms with Crippen molar-refractivity contribution in [2.45, 2.75) is 6.10 Å². The van der Waals surface area contributed by atoms with Gasteiger partial charge in [0.2, 0.25) is 0 Å². The maximum atomic E-state index is 12.4. The number of ether oxygens (including phenoxy) is 1. The lowest BCUT2D eigenvalue weighted by Crippen LogP contribution is -3.16. The number of carbonyl (C=O) groups excluding carboxylic acids is 1. The molecular weight excluding hydrogens is 418 g/mol. The Kier molecular flexibility index (Phi) is 7.79. The summed E-state index contributed by atoms with van der Waals surface area (Å²) in [4.78, 5) is 13.6. The van der Waals surface area contributed by atoms with Gasteiger partial charge in [0.05, 0.1) is 26.2 Å². The molecule has 2 N–H and O–H groups in total. The first kappa shape index (κ1) is 23.4. The minimum atomic E-state index is -3.38. The van der Waals surface area contributed by atoms with Gasteiger partial charge in [-0.2, -0.15) is 17.0 Å². The van der Waals surface area contributed by atoms with Gasteiger partial charge < -0.3 is 14.7 Å². The first-order valence-corrected chi connectivity index (χ1v) is 11.7. The maximum Gasteiger partial charge on any atom is 0.281 e. The van der Waals surface area contributed by atoms with Crippen molar-refractivity contribution in [1.82, 2.24) is 8.61 Å². The molecule has 1 aliphatic heterocycles. The summed E-state index contributed by atoms with van der Waals surface area (Å²) in [6.45, 7) is 2.76. The summed E-state index contributed by atoms with van der Waals surface area (Å²) in [6.07, 6.45) is -0.669. The van der Waals surface area contributed by atoms with Crippen molar-refractivity contribution in [3.63, 3.8) is 0 Å². The molecule has 31 heavy (non-hydrogen) atoms. The van der Waals surface area contributed by atoms with Crippen molar-refractivity contribution in [2.75, 3.05) is 53.4 Å². The number of hydrogen-bond acceptors (Lipinski definition) is 5. The SMILES string of the molecule is CN(C)S(=O)(=O)N1CC[NH+](C[C@H](O)COc2ccc(C(=O)c3ccccc3)cc2)CC1. The smallest absolute Gasteiger partial charge is 0.281 e. The molecule has 1 aliphatic rings. The summed E-state index contributed by atoms with van der Waals surface area (Å²) in [6, 6.07) is 16.0. The summed E-state index contributed by atoms with van der Waals surface area (Å²) in [5.74, 6) is 0.534. The Morgan fingerprint density at radius 3 is 2.23 bits per heavy atom. The predicted molar refractivity (Wildman–Crippen MR) is 118 cm³/mol. The second-order valence-corrected chi connectivity index (χ2v) is 9.97. The number of rotatable bonds is 9. The van der Waals surface area contributed by atoms with Crippen LogP contribution in [0.3, 0.4) is 0 Å². The molecule has 0 aliphatic carbocycles. The molecule has 0 saturated carbocycles. The van der Waals surface area contributed by atoms with Crippen molar-refractivity contribution >= 4 is 16.0 Å². The zero-order valence-corrected chi connectivity index (χ0v) is 18.7. The second kappa shape index (κ2) is 10.3. The van der Waals surface area contributed by atoms with Crippen LogP contribution >= 0.6 is 0 Å². The van der Waals surface area contributed by atoms with E-state index in [1.54, 1.807) is 36.4 Å². The lowest BCUT2D eigenvalue weighted by molar-refractivity contribution is -0.906. The molecule has 0 radical (unpaired) electrons. The van der Waals surface area contributed by atoms with Crippen LogP contribution in [-0.4, -0.2) is 87.4 Å². The summed E-state index contributed by atoms with van der Waals surface area (Å²) in [7, 11) is -0.328. The molecule has 2 aromatic carbocycles. The minimum Gasteiger partial charge on any atom is -0.491 e. The first-order chi connectivity index (χ1) is 14.8. The highest BCUT2D eigenvalue weighted by molar-refractivity contribution is 7.86. The van der Waals surface area contributed by atoms with Crippen LogP contribution in [0.15, 0.2) is 54.6 Å². The summed E-state index contributed by atoms with van der Waals surface area (Å²) < 4.78 is 32.7. The molecule has 8 nitrogen and oxygen atoms in total. The fraction of sp³-hybridized carbons (Fsp3) is 0.409. The summed E-state index contributed by atoms with van der Waals surface area (Å²) in [5.41, 5.74) is 1.21. The Balaban J connectivity index is 1.44. The van der Waals surface area contributed by atoms with E-state index >= 15 is 0 Å². The highest BCUT2D eigenvalue weighted by atomic mass is 32.2. The van der Waals surface area contributed by atoms with Crippen LogP contribution in [0, 0.1) is 0 Å². The van der Waals surface area contributed by atoms with E-state index in [0.717, 1.165) is 4.90 Å². The predicted octanol–water partition coefficient (Wildman–Crippen LogP) is -0.336. The molecule has 1 atom stereocenters. The maximum absolute atomic E-state index is 12.4. The van der Waals surface area contributed by atoms with Gasteiger partial charge in [-0.25, -0.2) is 0 Å². The second-order valence-electron chi connectivity index (χ2n) is 7.83. The molecule has 168 valence electrons. The third-order valence-electron chi connectivity index (χ3n) is 5.34. The van der Waals surface area contributed by atoms with E-state index in [0.29, 0.717) is 49.6 Å². The molecule has 3 rings (SSSR count). The zero-order valence-electron chi connectivity index (χ0n) is 17.9. The van der Waals surface area contributed by atoms with Crippen molar-refractivity contribution in [1.29, 1.82) is 0 Å². The largest absolute Gasteiger partial charge is 0.491 e. The average Bonchev–Trinajstić information content (AvgIpc) is 2.78. The number of nitrogens with one attached hydrogen (secondary N) is 1. The van der Waals surface area contributed by atoms with Gasteiger partial charge in [0, 0.05) is 25.2 Å². The fourth-order valence-corrected chi connectivity index (χ4v) is 4.62. The van der Waals surface area contributed by atoms with Gasteiger partial charge in [-0.15, -0.1) is 0 Å². The molecular formula is C22H30N3O5S+. The average molecular weight is 449 g/mol. The normalized spacial score (nSPS) is 16.9. The topological polar surface area (TPSA) is 91.6 Å². The van der Waals surface area contributed by atoms with E-state index < -0.39 is 16.3 Å². The summed E-state index contributed by atoms with van der Waals surface area (Å²) >= 11 is 0. The van der Waals surface area contributed by atoms with Crippen LogP contribution in [0.4, 0.5) is 0 Å². The molecule has 0 aromatic heterocycles. The van der Waals surface area contributed by atoms with Crippen molar-refractivity contribution < 1.29 is 28.0 Å². The summed E-state index contributed by atoms with van der Waals surface area (Å²) in [5, 5.41) is 10.3. The van der Waals surface area contributed by atoms with E-state index in [4.69, 9.17) is 4.74 Å². The van der Waals surface area contributed by atoms with Crippen LogP contribution in [-0.2, 0) is 10.2 Å². The number of benzene rings is 2. The molecule has 0 amide bonds. The first-order valence-electron chi connectivity index (χ1n) is 10.3. The lowest BCUT2D eigenvalue weighted by Gasteiger charge is -2.33. The minimum absolute atomic E-state index is 0.0498. The fourth-order valence-electron chi connectivity index (χ4n) is 3.51. The van der Waals surface area contributed by atoms with Crippen LogP contribution in [0.5, 0.6) is 5.75 Å². The third kappa shape index (κ3) is 6.11.